The van der Waals surface area contributed by atoms with Gasteiger partial charge < -0.3 is 14.8 Å². The van der Waals surface area contributed by atoms with Gasteiger partial charge in [0.25, 0.3) is 5.91 Å². The van der Waals surface area contributed by atoms with E-state index >= 15 is 0 Å². The Bertz CT molecular complexity index is 1000. The molecule has 1 aliphatic heterocycles. The number of nitrogens with one attached hydrogen (secondary N) is 1. The van der Waals surface area contributed by atoms with Crippen molar-refractivity contribution in [2.45, 2.75) is 6.92 Å². The fourth-order valence-corrected chi connectivity index (χ4v) is 3.04. The summed E-state index contributed by atoms with van der Waals surface area (Å²) in [6.45, 7) is 1.84. The van der Waals surface area contributed by atoms with Gasteiger partial charge in [0, 0.05) is 11.8 Å². The number of halogens is 2. The highest BCUT2D eigenvalue weighted by molar-refractivity contribution is 6.34. The van der Waals surface area contributed by atoms with Crippen molar-refractivity contribution >= 4 is 23.2 Å². The number of carbonyl (C=O) groups is 1. The number of aromatic nitrogens is 2. The van der Waals surface area contributed by atoms with Gasteiger partial charge in [0.2, 0.25) is 6.79 Å². The average Bonchev–Trinajstić information content (AvgIpc) is 3.19. The van der Waals surface area contributed by atoms with Crippen LogP contribution in [0.15, 0.2) is 42.5 Å². The number of nitrogens with zero attached hydrogens (tertiary/aromatic N) is 2. The molecule has 3 aromatic rings. The highest BCUT2D eigenvalue weighted by Gasteiger charge is 2.22. The summed E-state index contributed by atoms with van der Waals surface area (Å²) in [4.78, 5) is 12.7. The summed E-state index contributed by atoms with van der Waals surface area (Å²) in [7, 11) is 0. The van der Waals surface area contributed by atoms with Crippen molar-refractivity contribution in [3.63, 3.8) is 0 Å². The molecule has 2 heterocycles. The Morgan fingerprint density at radius 2 is 1.92 bits per heavy atom. The van der Waals surface area contributed by atoms with Gasteiger partial charge in [0.05, 0.1) is 11.4 Å². The van der Waals surface area contributed by atoms with Crippen LogP contribution in [0.3, 0.4) is 0 Å². The summed E-state index contributed by atoms with van der Waals surface area (Å²) in [5.41, 5.74) is 1.80. The molecule has 8 heteroatoms. The zero-order chi connectivity index (χ0) is 18.3. The van der Waals surface area contributed by atoms with Crippen LogP contribution >= 0.6 is 11.6 Å². The van der Waals surface area contributed by atoms with E-state index in [-0.39, 0.29) is 23.3 Å². The van der Waals surface area contributed by atoms with Gasteiger partial charge in [-0.15, -0.1) is 0 Å². The number of ether oxygens (including phenoxy) is 2. The van der Waals surface area contributed by atoms with Gasteiger partial charge in [0.15, 0.2) is 11.5 Å². The van der Waals surface area contributed by atoms with Gasteiger partial charge in [-0.2, -0.15) is 5.10 Å². The average molecular weight is 374 g/mol. The van der Waals surface area contributed by atoms with Crippen LogP contribution in [0, 0.1) is 12.7 Å². The molecule has 0 saturated heterocycles. The van der Waals surface area contributed by atoms with Crippen LogP contribution in [0.4, 0.5) is 10.1 Å². The Morgan fingerprint density at radius 1 is 1.19 bits per heavy atom. The molecule has 1 amide bonds. The summed E-state index contributed by atoms with van der Waals surface area (Å²) in [5.74, 6) is 0.420. The maximum absolute atomic E-state index is 13.1. The molecule has 1 aliphatic rings. The molecule has 0 saturated carbocycles. The van der Waals surface area contributed by atoms with Gasteiger partial charge in [-0.25, -0.2) is 9.07 Å². The number of rotatable bonds is 3. The van der Waals surface area contributed by atoms with Crippen LogP contribution in [-0.4, -0.2) is 22.5 Å². The molecule has 0 fully saturated rings. The van der Waals surface area contributed by atoms with E-state index in [2.05, 4.69) is 10.4 Å². The number of fused-ring (bicyclic) bond motifs is 1. The zero-order valence-electron chi connectivity index (χ0n) is 13.6. The number of carbonyl (C=O) groups excluding carboxylic acids is 1. The second-order valence-corrected chi connectivity index (χ2v) is 6.02. The van der Waals surface area contributed by atoms with Crippen molar-refractivity contribution in [1.29, 1.82) is 0 Å². The Morgan fingerprint density at radius 3 is 2.69 bits per heavy atom. The number of aryl methyl sites for hydroxylation is 1. The molecule has 26 heavy (non-hydrogen) atoms. The van der Waals surface area contributed by atoms with E-state index in [1.54, 1.807) is 25.1 Å². The first kappa shape index (κ1) is 16.4. The second kappa shape index (κ2) is 6.34. The maximum atomic E-state index is 13.1. The third-order valence-electron chi connectivity index (χ3n) is 3.93. The lowest BCUT2D eigenvalue weighted by Crippen LogP contribution is -2.13. The highest BCUT2D eigenvalue weighted by Crippen LogP contribution is 2.34. The van der Waals surface area contributed by atoms with Crippen LogP contribution < -0.4 is 14.8 Å². The van der Waals surface area contributed by atoms with Crippen molar-refractivity contribution in [2.75, 3.05) is 12.1 Å². The molecule has 0 atom stereocenters. The fourth-order valence-electron chi connectivity index (χ4n) is 2.68. The lowest BCUT2D eigenvalue weighted by molar-refractivity contribution is 0.102. The number of anilines is 1. The Kier molecular flexibility index (Phi) is 4.00. The molecule has 2 aromatic carbocycles. The number of hydrogen-bond donors (Lipinski definition) is 1. The Balaban J connectivity index is 1.63. The normalized spacial score (nSPS) is 12.3. The third kappa shape index (κ3) is 2.86. The zero-order valence-corrected chi connectivity index (χ0v) is 14.4. The number of benzene rings is 2. The van der Waals surface area contributed by atoms with Gasteiger partial charge >= 0.3 is 0 Å². The van der Waals surface area contributed by atoms with Gasteiger partial charge in [-0.1, -0.05) is 11.6 Å². The van der Waals surface area contributed by atoms with Crippen molar-refractivity contribution < 1.29 is 18.7 Å². The standard InChI is InChI=1S/C18H13ClFN3O3/c1-10-16(17(19)23(22-10)13-5-2-11(20)3-6-13)18(24)21-12-4-7-14-15(8-12)26-9-25-14/h2-8H,9H2,1H3,(H,21,24). The first-order valence-corrected chi connectivity index (χ1v) is 8.13. The Labute approximate surface area is 153 Å². The summed E-state index contributed by atoms with van der Waals surface area (Å²) in [6.07, 6.45) is 0. The van der Waals surface area contributed by atoms with E-state index in [1.807, 2.05) is 0 Å². The predicted octanol–water partition coefficient (Wildman–Crippen LogP) is 3.95. The van der Waals surface area contributed by atoms with Gasteiger partial charge in [0.1, 0.15) is 16.5 Å². The van der Waals surface area contributed by atoms with Crippen molar-refractivity contribution in [3.05, 3.63) is 64.7 Å². The molecule has 0 aliphatic carbocycles. The van der Waals surface area contributed by atoms with Crippen LogP contribution in [0.2, 0.25) is 5.15 Å². The molecule has 1 aromatic heterocycles. The minimum absolute atomic E-state index is 0.146. The molecule has 0 unspecified atom stereocenters. The topological polar surface area (TPSA) is 65.4 Å². The summed E-state index contributed by atoms with van der Waals surface area (Å²) in [5, 5.41) is 7.20. The molecule has 0 bridgehead atoms. The van der Waals surface area contributed by atoms with E-state index in [1.165, 1.54) is 28.9 Å². The van der Waals surface area contributed by atoms with Crippen LogP contribution in [0.25, 0.3) is 5.69 Å². The molecule has 0 radical (unpaired) electrons. The maximum Gasteiger partial charge on any atom is 0.260 e. The van der Waals surface area contributed by atoms with Crippen LogP contribution in [-0.2, 0) is 0 Å². The monoisotopic (exact) mass is 373 g/mol. The van der Waals surface area contributed by atoms with Gasteiger partial charge in [-0.3, -0.25) is 4.79 Å². The summed E-state index contributed by atoms with van der Waals surface area (Å²) >= 11 is 6.36. The molecule has 132 valence electrons. The highest BCUT2D eigenvalue weighted by atomic mass is 35.5. The number of hydrogen-bond acceptors (Lipinski definition) is 4. The predicted molar refractivity (Wildman–Crippen MR) is 93.8 cm³/mol. The molecule has 4 rings (SSSR count). The van der Waals surface area contributed by atoms with Crippen LogP contribution in [0.5, 0.6) is 11.5 Å². The molecule has 6 nitrogen and oxygen atoms in total. The molecular formula is C18H13ClFN3O3. The van der Waals surface area contributed by atoms with Crippen molar-refractivity contribution in [2.24, 2.45) is 0 Å². The smallest absolute Gasteiger partial charge is 0.260 e. The fraction of sp³-hybridized carbons (Fsp3) is 0.111. The van der Waals surface area contributed by atoms with Crippen molar-refractivity contribution in [1.82, 2.24) is 9.78 Å². The number of amides is 1. The van der Waals surface area contributed by atoms with Crippen molar-refractivity contribution in [3.8, 4) is 17.2 Å². The van der Waals surface area contributed by atoms with E-state index < -0.39 is 5.91 Å². The van der Waals surface area contributed by atoms with Crippen LogP contribution in [0.1, 0.15) is 16.1 Å². The van der Waals surface area contributed by atoms with E-state index in [4.69, 9.17) is 21.1 Å². The first-order valence-electron chi connectivity index (χ1n) is 7.75. The second-order valence-electron chi connectivity index (χ2n) is 5.66. The third-order valence-corrected chi connectivity index (χ3v) is 4.28. The first-order chi connectivity index (χ1) is 12.5. The lowest BCUT2D eigenvalue weighted by atomic mass is 10.2. The SMILES string of the molecule is Cc1nn(-c2ccc(F)cc2)c(Cl)c1C(=O)Nc1ccc2c(c1)OCO2. The summed E-state index contributed by atoms with van der Waals surface area (Å²) < 4.78 is 25.0. The van der Waals surface area contributed by atoms with E-state index in [0.717, 1.165) is 0 Å². The van der Waals surface area contributed by atoms with Gasteiger partial charge in [-0.05, 0) is 43.3 Å². The van der Waals surface area contributed by atoms with E-state index in [0.29, 0.717) is 28.6 Å². The molecule has 0 spiro atoms. The molecular weight excluding hydrogens is 361 g/mol. The quantitative estimate of drug-likeness (QED) is 0.754. The largest absolute Gasteiger partial charge is 0.454 e. The molecule has 1 N–H and O–H groups in total. The minimum Gasteiger partial charge on any atom is -0.454 e. The Hall–Kier alpha value is -3.06. The minimum atomic E-state index is -0.403. The lowest BCUT2D eigenvalue weighted by Gasteiger charge is -2.06. The van der Waals surface area contributed by atoms with E-state index in [9.17, 15) is 9.18 Å². The summed E-state index contributed by atoms with van der Waals surface area (Å²) in [6, 6.07) is 10.8.